The van der Waals surface area contributed by atoms with Crippen LogP contribution < -0.4 is 0 Å². The molecule has 3 heteroatoms. The Morgan fingerprint density at radius 1 is 1.38 bits per heavy atom. The molecule has 0 saturated heterocycles. The van der Waals surface area contributed by atoms with Gasteiger partial charge in [0, 0.05) is 25.6 Å². The van der Waals surface area contributed by atoms with Crippen LogP contribution in [-0.2, 0) is 18.3 Å². The van der Waals surface area contributed by atoms with Gasteiger partial charge in [0.1, 0.15) is 5.78 Å². The second-order valence-corrected chi connectivity index (χ2v) is 4.91. The monoisotopic (exact) mass is 222 g/mol. The van der Waals surface area contributed by atoms with Crippen molar-refractivity contribution >= 4 is 5.78 Å². The van der Waals surface area contributed by atoms with Crippen LogP contribution in [0.25, 0.3) is 0 Å². The molecule has 0 unspecified atom stereocenters. The summed E-state index contributed by atoms with van der Waals surface area (Å²) < 4.78 is 1.89. The fourth-order valence-electron chi connectivity index (χ4n) is 2.00. The maximum atomic E-state index is 11.6. The van der Waals surface area contributed by atoms with Crippen molar-refractivity contribution in [2.75, 3.05) is 0 Å². The second kappa shape index (κ2) is 5.28. The third-order valence-electron chi connectivity index (χ3n) is 2.95. The van der Waals surface area contributed by atoms with Gasteiger partial charge >= 0.3 is 0 Å². The van der Waals surface area contributed by atoms with Gasteiger partial charge in [-0.3, -0.25) is 9.48 Å². The van der Waals surface area contributed by atoms with Crippen LogP contribution in [0.4, 0.5) is 0 Å². The lowest BCUT2D eigenvalue weighted by Gasteiger charge is -2.04. The van der Waals surface area contributed by atoms with Crippen molar-refractivity contribution in [2.24, 2.45) is 13.0 Å². The lowest BCUT2D eigenvalue weighted by atomic mass is 10.0. The molecule has 3 nitrogen and oxygen atoms in total. The average Bonchev–Trinajstić information content (AvgIpc) is 2.38. The predicted molar refractivity (Wildman–Crippen MR) is 65.5 cm³/mol. The molecule has 0 aliphatic rings. The van der Waals surface area contributed by atoms with Gasteiger partial charge in [-0.2, -0.15) is 5.10 Å². The van der Waals surface area contributed by atoms with Crippen molar-refractivity contribution in [1.29, 1.82) is 0 Å². The summed E-state index contributed by atoms with van der Waals surface area (Å²) in [4.78, 5) is 11.6. The van der Waals surface area contributed by atoms with Crippen LogP contribution in [0.2, 0.25) is 0 Å². The van der Waals surface area contributed by atoms with E-state index in [9.17, 15) is 4.79 Å². The lowest BCUT2D eigenvalue weighted by Crippen LogP contribution is -2.05. The highest BCUT2D eigenvalue weighted by Gasteiger charge is 2.11. The van der Waals surface area contributed by atoms with E-state index < -0.39 is 0 Å². The first kappa shape index (κ1) is 12.9. The first-order valence-corrected chi connectivity index (χ1v) is 5.92. The molecule has 0 bridgehead atoms. The van der Waals surface area contributed by atoms with Gasteiger partial charge < -0.3 is 0 Å². The summed E-state index contributed by atoms with van der Waals surface area (Å²) in [5.41, 5.74) is 3.46. The number of aryl methyl sites for hydroxylation is 2. The normalized spacial score (nSPS) is 11.1. The third-order valence-corrected chi connectivity index (χ3v) is 2.95. The summed E-state index contributed by atoms with van der Waals surface area (Å²) in [6.45, 7) is 8.23. The van der Waals surface area contributed by atoms with Crippen molar-refractivity contribution in [3.8, 4) is 0 Å². The number of hydrogen-bond acceptors (Lipinski definition) is 2. The highest BCUT2D eigenvalue weighted by molar-refractivity contribution is 5.78. The Morgan fingerprint density at radius 3 is 2.44 bits per heavy atom. The Balaban J connectivity index is 2.58. The van der Waals surface area contributed by atoms with Gasteiger partial charge in [0.05, 0.1) is 5.69 Å². The van der Waals surface area contributed by atoms with Crippen LogP contribution >= 0.6 is 0 Å². The molecule has 0 saturated carbocycles. The predicted octanol–water partition coefficient (Wildman–Crippen LogP) is 2.58. The number of nitrogens with zero attached hydrogens (tertiary/aromatic N) is 2. The Morgan fingerprint density at radius 2 is 2.00 bits per heavy atom. The first-order valence-electron chi connectivity index (χ1n) is 5.92. The number of aromatic nitrogens is 2. The van der Waals surface area contributed by atoms with Gasteiger partial charge in [-0.15, -0.1) is 0 Å². The third kappa shape index (κ3) is 3.19. The average molecular weight is 222 g/mol. The summed E-state index contributed by atoms with van der Waals surface area (Å²) in [6.07, 6.45) is 2.17. The molecule has 0 spiro atoms. The number of carbonyl (C=O) groups is 1. The van der Waals surface area contributed by atoms with Crippen molar-refractivity contribution in [1.82, 2.24) is 9.78 Å². The van der Waals surface area contributed by atoms with Crippen LogP contribution in [0.1, 0.15) is 43.6 Å². The van der Waals surface area contributed by atoms with E-state index in [0.29, 0.717) is 24.5 Å². The summed E-state index contributed by atoms with van der Waals surface area (Å²) in [5, 5.41) is 4.35. The van der Waals surface area contributed by atoms with Gasteiger partial charge in [-0.25, -0.2) is 0 Å². The molecular formula is C13H22N2O. The molecule has 0 aliphatic carbocycles. The molecule has 1 aromatic heterocycles. The quantitative estimate of drug-likeness (QED) is 0.767. The molecule has 0 amide bonds. The van der Waals surface area contributed by atoms with Crippen molar-refractivity contribution < 1.29 is 4.79 Å². The van der Waals surface area contributed by atoms with E-state index in [1.165, 1.54) is 11.3 Å². The molecule has 16 heavy (non-hydrogen) atoms. The zero-order valence-corrected chi connectivity index (χ0v) is 11.0. The Bertz CT molecular complexity index is 378. The molecule has 0 atom stereocenters. The SMILES string of the molecule is Cc1nn(C)c(C)c1CCC(=O)CC(C)C. The highest BCUT2D eigenvalue weighted by atomic mass is 16.1. The van der Waals surface area contributed by atoms with E-state index in [1.807, 2.05) is 18.7 Å². The van der Waals surface area contributed by atoms with E-state index in [2.05, 4.69) is 25.9 Å². The largest absolute Gasteiger partial charge is 0.300 e. The smallest absolute Gasteiger partial charge is 0.133 e. The molecule has 0 radical (unpaired) electrons. The highest BCUT2D eigenvalue weighted by Crippen LogP contribution is 2.15. The number of rotatable bonds is 5. The maximum absolute atomic E-state index is 11.6. The summed E-state index contributed by atoms with van der Waals surface area (Å²) >= 11 is 0. The minimum atomic E-state index is 0.359. The van der Waals surface area contributed by atoms with Crippen molar-refractivity contribution in [2.45, 2.75) is 47.0 Å². The molecule has 0 aromatic carbocycles. The number of hydrogen-bond donors (Lipinski definition) is 0. The van der Waals surface area contributed by atoms with Crippen molar-refractivity contribution in [3.63, 3.8) is 0 Å². The van der Waals surface area contributed by atoms with Gasteiger partial charge in [0.25, 0.3) is 0 Å². The lowest BCUT2D eigenvalue weighted by molar-refractivity contribution is -0.119. The Kier molecular flexibility index (Phi) is 4.27. The topological polar surface area (TPSA) is 34.9 Å². The minimum Gasteiger partial charge on any atom is -0.300 e. The van der Waals surface area contributed by atoms with Crippen LogP contribution in [0.5, 0.6) is 0 Å². The molecular weight excluding hydrogens is 200 g/mol. The summed E-state index contributed by atoms with van der Waals surface area (Å²) in [6, 6.07) is 0. The summed E-state index contributed by atoms with van der Waals surface area (Å²) in [7, 11) is 1.95. The number of carbonyl (C=O) groups excluding carboxylic acids is 1. The molecule has 90 valence electrons. The van der Waals surface area contributed by atoms with Crippen molar-refractivity contribution in [3.05, 3.63) is 17.0 Å². The second-order valence-electron chi connectivity index (χ2n) is 4.91. The van der Waals surface area contributed by atoms with Gasteiger partial charge in [-0.1, -0.05) is 13.8 Å². The van der Waals surface area contributed by atoms with Crippen LogP contribution in [0, 0.1) is 19.8 Å². The van der Waals surface area contributed by atoms with E-state index in [1.54, 1.807) is 0 Å². The molecule has 0 N–H and O–H groups in total. The zero-order valence-electron chi connectivity index (χ0n) is 11.0. The van der Waals surface area contributed by atoms with E-state index in [-0.39, 0.29) is 0 Å². The molecule has 0 fully saturated rings. The number of ketones is 1. The Labute approximate surface area is 97.8 Å². The van der Waals surface area contributed by atoms with Crippen LogP contribution in [0.3, 0.4) is 0 Å². The molecule has 1 rings (SSSR count). The van der Waals surface area contributed by atoms with E-state index in [0.717, 1.165) is 12.1 Å². The van der Waals surface area contributed by atoms with Crippen LogP contribution in [0.15, 0.2) is 0 Å². The first-order chi connectivity index (χ1) is 7.41. The van der Waals surface area contributed by atoms with Gasteiger partial charge in [0.15, 0.2) is 0 Å². The standard InChI is InChI=1S/C13H22N2O/c1-9(2)8-12(16)6-7-13-10(3)14-15(5)11(13)4/h9H,6-8H2,1-5H3. The van der Waals surface area contributed by atoms with E-state index >= 15 is 0 Å². The Hall–Kier alpha value is -1.12. The fraction of sp³-hybridized carbons (Fsp3) is 0.692. The minimum absolute atomic E-state index is 0.359. The van der Waals surface area contributed by atoms with Crippen LogP contribution in [-0.4, -0.2) is 15.6 Å². The summed E-state index contributed by atoms with van der Waals surface area (Å²) in [5.74, 6) is 0.821. The van der Waals surface area contributed by atoms with E-state index in [4.69, 9.17) is 0 Å². The number of Topliss-reactive ketones (excluding diaryl/α,β-unsaturated/α-hetero) is 1. The molecule has 1 heterocycles. The van der Waals surface area contributed by atoms with Gasteiger partial charge in [-0.05, 0) is 31.7 Å². The molecule has 0 aliphatic heterocycles. The zero-order chi connectivity index (χ0) is 12.3. The van der Waals surface area contributed by atoms with Gasteiger partial charge in [0.2, 0.25) is 0 Å². The maximum Gasteiger partial charge on any atom is 0.133 e. The molecule has 1 aromatic rings. The fourth-order valence-corrected chi connectivity index (χ4v) is 2.00.